The summed E-state index contributed by atoms with van der Waals surface area (Å²) in [5.41, 5.74) is 3.68. The lowest BCUT2D eigenvalue weighted by Gasteiger charge is -2.34. The standard InChI is InChI=1S/C19H26N4O2S/c1-14-17(26-13-22-14)6-4-10-21-19(25)23-11-7-15(8-12-23)18(24)16-5-2-3-9-20-16/h2-3,5,9,13,15,18,24H,4,6-8,10-12H2,1H3,(H,21,25). The highest BCUT2D eigenvalue weighted by Crippen LogP contribution is 2.29. The van der Waals surface area contributed by atoms with E-state index in [1.54, 1.807) is 17.5 Å². The highest BCUT2D eigenvalue weighted by Gasteiger charge is 2.28. The molecule has 1 atom stereocenters. The van der Waals surface area contributed by atoms with Crippen LogP contribution >= 0.6 is 11.3 Å². The number of pyridine rings is 1. The number of likely N-dealkylation sites (tertiary alicyclic amines) is 1. The van der Waals surface area contributed by atoms with E-state index in [2.05, 4.69) is 15.3 Å². The average Bonchev–Trinajstić information content (AvgIpc) is 3.10. The fourth-order valence-electron chi connectivity index (χ4n) is 3.33. The molecule has 1 saturated heterocycles. The minimum atomic E-state index is -0.552. The summed E-state index contributed by atoms with van der Waals surface area (Å²) < 4.78 is 0. The van der Waals surface area contributed by atoms with Crippen LogP contribution in [0, 0.1) is 12.8 Å². The Balaban J connectivity index is 1.37. The summed E-state index contributed by atoms with van der Waals surface area (Å²) >= 11 is 1.67. The number of carbonyl (C=O) groups is 1. The summed E-state index contributed by atoms with van der Waals surface area (Å²) in [6, 6.07) is 5.59. The van der Waals surface area contributed by atoms with E-state index in [-0.39, 0.29) is 11.9 Å². The Morgan fingerprint density at radius 2 is 2.19 bits per heavy atom. The van der Waals surface area contributed by atoms with Crippen LogP contribution in [0.3, 0.4) is 0 Å². The summed E-state index contributed by atoms with van der Waals surface area (Å²) in [5.74, 6) is 0.156. The average molecular weight is 375 g/mol. The first kappa shape index (κ1) is 18.8. The number of aliphatic hydroxyl groups is 1. The van der Waals surface area contributed by atoms with E-state index in [0.717, 1.165) is 31.4 Å². The zero-order chi connectivity index (χ0) is 18.4. The van der Waals surface area contributed by atoms with Crippen molar-refractivity contribution in [1.29, 1.82) is 0 Å². The lowest BCUT2D eigenvalue weighted by molar-refractivity contribution is 0.0636. The molecule has 2 aromatic rings. The number of urea groups is 1. The predicted molar refractivity (Wildman–Crippen MR) is 102 cm³/mol. The highest BCUT2D eigenvalue weighted by molar-refractivity contribution is 7.09. The Bertz CT molecular complexity index is 699. The first-order chi connectivity index (χ1) is 12.6. The van der Waals surface area contributed by atoms with Gasteiger partial charge in [-0.15, -0.1) is 11.3 Å². The van der Waals surface area contributed by atoms with Gasteiger partial charge in [0.2, 0.25) is 0 Å². The molecule has 7 heteroatoms. The molecule has 1 aliphatic rings. The normalized spacial score (nSPS) is 16.5. The van der Waals surface area contributed by atoms with E-state index >= 15 is 0 Å². The number of nitrogens with zero attached hydrogens (tertiary/aromatic N) is 3. The zero-order valence-electron chi connectivity index (χ0n) is 15.1. The van der Waals surface area contributed by atoms with Crippen molar-refractivity contribution in [1.82, 2.24) is 20.2 Å². The van der Waals surface area contributed by atoms with Gasteiger partial charge < -0.3 is 15.3 Å². The van der Waals surface area contributed by atoms with Crippen LogP contribution in [0.1, 0.15) is 41.6 Å². The number of rotatable bonds is 6. The van der Waals surface area contributed by atoms with Gasteiger partial charge >= 0.3 is 6.03 Å². The van der Waals surface area contributed by atoms with Crippen molar-refractivity contribution in [2.75, 3.05) is 19.6 Å². The summed E-state index contributed by atoms with van der Waals surface area (Å²) in [6.07, 6.45) is 4.62. The van der Waals surface area contributed by atoms with Gasteiger partial charge in [0.05, 0.1) is 23.0 Å². The van der Waals surface area contributed by atoms with Gasteiger partial charge in [-0.25, -0.2) is 9.78 Å². The number of aryl methyl sites for hydroxylation is 2. The van der Waals surface area contributed by atoms with E-state index in [9.17, 15) is 9.90 Å². The van der Waals surface area contributed by atoms with E-state index in [0.29, 0.717) is 25.3 Å². The molecular weight excluding hydrogens is 348 g/mol. The van der Waals surface area contributed by atoms with Crippen LogP contribution in [0.5, 0.6) is 0 Å². The van der Waals surface area contributed by atoms with Crippen LogP contribution in [0.2, 0.25) is 0 Å². The van der Waals surface area contributed by atoms with Crippen LogP contribution in [0.15, 0.2) is 29.9 Å². The topological polar surface area (TPSA) is 78.4 Å². The smallest absolute Gasteiger partial charge is 0.317 e. The maximum absolute atomic E-state index is 12.3. The van der Waals surface area contributed by atoms with Crippen LogP contribution in [-0.2, 0) is 6.42 Å². The number of carbonyl (C=O) groups excluding carboxylic acids is 1. The number of nitrogens with one attached hydrogen (secondary N) is 1. The number of aliphatic hydroxyl groups excluding tert-OH is 1. The third kappa shape index (κ3) is 4.80. The lowest BCUT2D eigenvalue weighted by Crippen LogP contribution is -2.45. The number of amides is 2. The fraction of sp³-hybridized carbons (Fsp3) is 0.526. The molecule has 1 aliphatic heterocycles. The second kappa shape index (κ2) is 9.09. The molecule has 0 radical (unpaired) electrons. The number of thiazole rings is 1. The minimum Gasteiger partial charge on any atom is -0.387 e. The second-order valence-electron chi connectivity index (χ2n) is 6.72. The summed E-state index contributed by atoms with van der Waals surface area (Å²) in [6.45, 7) is 4.04. The van der Waals surface area contributed by atoms with E-state index < -0.39 is 6.10 Å². The van der Waals surface area contributed by atoms with Crippen molar-refractivity contribution < 1.29 is 9.90 Å². The van der Waals surface area contributed by atoms with Crippen molar-refractivity contribution in [2.45, 2.75) is 38.7 Å². The maximum Gasteiger partial charge on any atom is 0.317 e. The van der Waals surface area contributed by atoms with E-state index in [4.69, 9.17) is 0 Å². The molecule has 140 valence electrons. The van der Waals surface area contributed by atoms with Gasteiger partial charge in [0.1, 0.15) is 0 Å². The Hall–Kier alpha value is -1.99. The molecule has 1 unspecified atom stereocenters. The minimum absolute atomic E-state index is 0.00296. The first-order valence-corrected chi connectivity index (χ1v) is 10.0. The molecule has 0 aromatic carbocycles. The number of aromatic nitrogens is 2. The molecule has 0 aliphatic carbocycles. The van der Waals surface area contributed by atoms with Crippen molar-refractivity contribution in [3.05, 3.63) is 46.2 Å². The van der Waals surface area contributed by atoms with Gasteiger partial charge in [-0.3, -0.25) is 4.98 Å². The summed E-state index contributed by atoms with van der Waals surface area (Å²) in [4.78, 5) is 23.9. The molecule has 3 heterocycles. The third-order valence-corrected chi connectivity index (χ3v) is 5.96. The molecule has 0 spiro atoms. The summed E-state index contributed by atoms with van der Waals surface area (Å²) in [7, 11) is 0. The van der Waals surface area contributed by atoms with Gasteiger partial charge in [-0.1, -0.05) is 6.07 Å². The molecule has 0 saturated carbocycles. The molecule has 2 aromatic heterocycles. The Morgan fingerprint density at radius 1 is 1.38 bits per heavy atom. The summed E-state index contributed by atoms with van der Waals surface area (Å²) in [5, 5.41) is 13.5. The molecule has 6 nitrogen and oxygen atoms in total. The lowest BCUT2D eigenvalue weighted by atomic mass is 9.89. The monoisotopic (exact) mass is 374 g/mol. The van der Waals surface area contributed by atoms with Gasteiger partial charge in [-0.2, -0.15) is 0 Å². The number of hydrogen-bond donors (Lipinski definition) is 2. The van der Waals surface area contributed by atoms with Gasteiger partial charge in [-0.05, 0) is 50.7 Å². The van der Waals surface area contributed by atoms with Crippen LogP contribution in [0.25, 0.3) is 0 Å². The van der Waals surface area contributed by atoms with Crippen LogP contribution < -0.4 is 5.32 Å². The first-order valence-electron chi connectivity index (χ1n) is 9.16. The van der Waals surface area contributed by atoms with Crippen LogP contribution in [-0.4, -0.2) is 45.6 Å². The van der Waals surface area contributed by atoms with Crippen molar-refractivity contribution in [3.63, 3.8) is 0 Å². The zero-order valence-corrected chi connectivity index (χ0v) is 15.9. The largest absolute Gasteiger partial charge is 0.387 e. The number of hydrogen-bond acceptors (Lipinski definition) is 5. The molecule has 3 rings (SSSR count). The van der Waals surface area contributed by atoms with Crippen molar-refractivity contribution in [2.24, 2.45) is 5.92 Å². The molecule has 26 heavy (non-hydrogen) atoms. The van der Waals surface area contributed by atoms with Crippen molar-refractivity contribution >= 4 is 17.4 Å². The second-order valence-corrected chi connectivity index (χ2v) is 7.66. The van der Waals surface area contributed by atoms with Crippen molar-refractivity contribution in [3.8, 4) is 0 Å². The van der Waals surface area contributed by atoms with E-state index in [1.165, 1.54) is 4.88 Å². The number of piperidine rings is 1. The highest BCUT2D eigenvalue weighted by atomic mass is 32.1. The van der Waals surface area contributed by atoms with Gasteiger partial charge in [0.15, 0.2) is 0 Å². The maximum atomic E-state index is 12.3. The Labute approximate surface area is 158 Å². The molecule has 1 fully saturated rings. The van der Waals surface area contributed by atoms with Gasteiger partial charge in [0, 0.05) is 30.7 Å². The molecule has 0 bridgehead atoms. The molecule has 2 amide bonds. The third-order valence-electron chi connectivity index (χ3n) is 4.97. The van der Waals surface area contributed by atoms with Crippen LogP contribution in [0.4, 0.5) is 4.79 Å². The predicted octanol–water partition coefficient (Wildman–Crippen LogP) is 2.93. The SMILES string of the molecule is Cc1ncsc1CCCNC(=O)N1CCC(C(O)c2ccccn2)CC1. The quantitative estimate of drug-likeness (QED) is 0.762. The molecular formula is C19H26N4O2S. The van der Waals surface area contributed by atoms with Gasteiger partial charge in [0.25, 0.3) is 0 Å². The fourth-order valence-corrected chi connectivity index (χ4v) is 4.16. The Kier molecular flexibility index (Phi) is 6.57. The van der Waals surface area contributed by atoms with E-state index in [1.807, 2.05) is 35.5 Å². The Morgan fingerprint density at radius 3 is 2.85 bits per heavy atom. The molecule has 2 N–H and O–H groups in total.